The Morgan fingerprint density at radius 1 is 0.912 bits per heavy atom. The van der Waals surface area contributed by atoms with Gasteiger partial charge in [-0.3, -0.25) is 4.79 Å². The number of hydrogen-bond acceptors (Lipinski definition) is 3. The van der Waals surface area contributed by atoms with Gasteiger partial charge in [0.25, 0.3) is 0 Å². The number of anilines is 1. The van der Waals surface area contributed by atoms with Crippen LogP contribution < -0.4 is 5.32 Å². The zero-order valence-electron chi connectivity index (χ0n) is 18.0. The fourth-order valence-electron chi connectivity index (χ4n) is 3.47. The topological polar surface area (TPSA) is 46.9 Å². The molecule has 0 aliphatic carbocycles. The number of nitrogens with one attached hydrogen (secondary N) is 1. The van der Waals surface area contributed by atoms with E-state index in [1.165, 1.54) is 10.9 Å². The minimum atomic E-state index is -1.54. The van der Waals surface area contributed by atoms with E-state index in [9.17, 15) is 18.0 Å². The summed E-state index contributed by atoms with van der Waals surface area (Å²) in [5, 5.41) is 7.27. The first-order valence-electron chi connectivity index (χ1n) is 10.6. The Kier molecular flexibility index (Phi) is 7.18. The lowest BCUT2D eigenvalue weighted by Gasteiger charge is -2.11. The van der Waals surface area contributed by atoms with Gasteiger partial charge in [-0.2, -0.15) is 5.10 Å². The number of halogens is 3. The average molecular weight is 480 g/mol. The molecule has 0 saturated carbocycles. The number of rotatable bonds is 7. The van der Waals surface area contributed by atoms with Gasteiger partial charge in [0.1, 0.15) is 0 Å². The smallest absolute Gasteiger partial charge is 0.224 e. The van der Waals surface area contributed by atoms with Crippen LogP contribution in [0.2, 0.25) is 0 Å². The van der Waals surface area contributed by atoms with Crippen molar-refractivity contribution in [2.45, 2.75) is 19.3 Å². The lowest BCUT2D eigenvalue weighted by molar-refractivity contribution is -0.116. The summed E-state index contributed by atoms with van der Waals surface area (Å²) >= 11 is 5.36. The highest BCUT2D eigenvalue weighted by atomic mass is 32.1. The second-order valence-electron chi connectivity index (χ2n) is 7.71. The first kappa shape index (κ1) is 23.4. The van der Waals surface area contributed by atoms with Crippen LogP contribution in [0.3, 0.4) is 0 Å². The summed E-state index contributed by atoms with van der Waals surface area (Å²) in [7, 11) is 0. The van der Waals surface area contributed by atoms with Crippen LogP contribution in [0.1, 0.15) is 23.2 Å². The predicted octanol–water partition coefficient (Wildman–Crippen LogP) is 6.18. The molecule has 0 spiro atoms. The molecule has 1 aromatic heterocycles. The maximum Gasteiger partial charge on any atom is 0.224 e. The van der Waals surface area contributed by atoms with Crippen molar-refractivity contribution in [1.29, 1.82) is 0 Å². The molecule has 3 aromatic carbocycles. The lowest BCUT2D eigenvalue weighted by Crippen LogP contribution is -2.12. The Labute approximate surface area is 199 Å². The molecule has 4 nitrogen and oxygen atoms in total. The molecule has 4 rings (SSSR count). The number of hydrogen-bond donors (Lipinski definition) is 1. The highest BCUT2D eigenvalue weighted by Crippen LogP contribution is 2.19. The summed E-state index contributed by atoms with van der Waals surface area (Å²) in [6.45, 7) is 0. The van der Waals surface area contributed by atoms with Gasteiger partial charge in [-0.15, -0.1) is 0 Å². The van der Waals surface area contributed by atoms with Crippen LogP contribution in [0, 0.1) is 22.0 Å². The number of aryl methyl sites for hydroxylation is 1. The van der Waals surface area contributed by atoms with Crippen molar-refractivity contribution in [2.75, 3.05) is 5.32 Å². The lowest BCUT2D eigenvalue weighted by atomic mass is 10.1. The van der Waals surface area contributed by atoms with E-state index in [-0.39, 0.29) is 11.6 Å². The average Bonchev–Trinajstić information content (AvgIpc) is 2.83. The predicted molar refractivity (Wildman–Crippen MR) is 127 cm³/mol. The molecule has 0 atom stereocenters. The van der Waals surface area contributed by atoms with E-state index in [0.29, 0.717) is 35.2 Å². The van der Waals surface area contributed by atoms with Gasteiger partial charge in [-0.1, -0.05) is 54.7 Å². The van der Waals surface area contributed by atoms with E-state index >= 15 is 0 Å². The molecule has 8 heteroatoms. The molecule has 0 fully saturated rings. The molecule has 1 amide bonds. The molecule has 1 N–H and O–H groups in total. The number of carbonyl (C=O) groups is 1. The zero-order chi connectivity index (χ0) is 24.1. The van der Waals surface area contributed by atoms with Crippen LogP contribution in [0.15, 0.2) is 79.0 Å². The van der Waals surface area contributed by atoms with Gasteiger partial charge in [0, 0.05) is 36.9 Å². The largest absolute Gasteiger partial charge is 0.326 e. The number of nitrogens with zero attached hydrogens (tertiary/aromatic N) is 2. The third-order valence-corrected chi connectivity index (χ3v) is 5.55. The van der Waals surface area contributed by atoms with Gasteiger partial charge < -0.3 is 5.32 Å². The standard InChI is InChI=1S/C26H20F3N3OS/c27-21-15-20(16-22(28)26(21)29)32-12-11-24(34)23(31-32)14-18-7-4-8-19(13-18)30-25(33)10-9-17-5-2-1-3-6-17/h1-8,11-13,15-16H,9-10,14H2,(H,30,33). The van der Waals surface area contributed by atoms with Gasteiger partial charge in [0.05, 0.1) is 15.9 Å². The Balaban J connectivity index is 1.48. The normalized spacial score (nSPS) is 10.8. The van der Waals surface area contributed by atoms with E-state index in [2.05, 4.69) is 10.4 Å². The van der Waals surface area contributed by atoms with E-state index in [1.54, 1.807) is 12.1 Å². The molecular formula is C26H20F3N3OS. The molecule has 4 aromatic rings. The Hall–Kier alpha value is -3.78. The maximum atomic E-state index is 13.6. The number of amides is 1. The minimum Gasteiger partial charge on any atom is -0.326 e. The Morgan fingerprint density at radius 2 is 1.62 bits per heavy atom. The molecule has 0 radical (unpaired) electrons. The van der Waals surface area contributed by atoms with Crippen molar-refractivity contribution in [3.8, 4) is 5.69 Å². The molecule has 0 saturated heterocycles. The maximum absolute atomic E-state index is 13.6. The first-order chi connectivity index (χ1) is 16.4. The quantitative estimate of drug-likeness (QED) is 0.254. The van der Waals surface area contributed by atoms with Gasteiger partial charge in [-0.05, 0) is 35.7 Å². The van der Waals surface area contributed by atoms with Crippen molar-refractivity contribution < 1.29 is 18.0 Å². The van der Waals surface area contributed by atoms with Crippen molar-refractivity contribution in [3.05, 3.63) is 118 Å². The second-order valence-corrected chi connectivity index (χ2v) is 8.15. The summed E-state index contributed by atoms with van der Waals surface area (Å²) < 4.78 is 42.3. The van der Waals surface area contributed by atoms with Crippen molar-refractivity contribution in [2.24, 2.45) is 0 Å². The first-order valence-corrected chi connectivity index (χ1v) is 11.0. The Morgan fingerprint density at radius 3 is 2.35 bits per heavy atom. The van der Waals surface area contributed by atoms with E-state index in [1.807, 2.05) is 48.5 Å². The summed E-state index contributed by atoms with van der Waals surface area (Å²) in [4.78, 5) is 12.4. The van der Waals surface area contributed by atoms with Crippen molar-refractivity contribution in [1.82, 2.24) is 9.78 Å². The fraction of sp³-hybridized carbons (Fsp3) is 0.115. The molecule has 0 aliphatic rings. The van der Waals surface area contributed by atoms with Crippen molar-refractivity contribution in [3.63, 3.8) is 0 Å². The van der Waals surface area contributed by atoms with Gasteiger partial charge in [0.2, 0.25) is 5.91 Å². The van der Waals surface area contributed by atoms with Gasteiger partial charge >= 0.3 is 0 Å². The molecule has 0 unspecified atom stereocenters. The second kappa shape index (κ2) is 10.4. The summed E-state index contributed by atoms with van der Waals surface area (Å²) in [5.41, 5.74) is 3.11. The molecular weight excluding hydrogens is 459 g/mol. The summed E-state index contributed by atoms with van der Waals surface area (Å²) in [6.07, 6.45) is 2.79. The SMILES string of the molecule is O=C(CCc1ccccc1)Nc1cccc(Cc2nn(-c3cc(F)c(F)c(F)c3)ccc2=S)c1. The minimum absolute atomic E-state index is 0.0343. The number of benzene rings is 3. The van der Waals surface area contributed by atoms with Crippen LogP contribution in [0.25, 0.3) is 5.69 Å². The molecule has 0 aliphatic heterocycles. The van der Waals surface area contributed by atoms with Crippen LogP contribution >= 0.6 is 12.2 Å². The van der Waals surface area contributed by atoms with Crippen LogP contribution in [-0.4, -0.2) is 15.7 Å². The highest BCUT2D eigenvalue weighted by Gasteiger charge is 2.12. The fourth-order valence-corrected chi connectivity index (χ4v) is 3.64. The molecule has 172 valence electrons. The third-order valence-electron chi connectivity index (χ3n) is 5.18. The third kappa shape index (κ3) is 5.77. The molecule has 34 heavy (non-hydrogen) atoms. The monoisotopic (exact) mass is 479 g/mol. The van der Waals surface area contributed by atoms with E-state index in [4.69, 9.17) is 12.2 Å². The van der Waals surface area contributed by atoms with Gasteiger partial charge in [-0.25, -0.2) is 17.9 Å². The van der Waals surface area contributed by atoms with Crippen LogP contribution in [0.5, 0.6) is 0 Å². The highest BCUT2D eigenvalue weighted by molar-refractivity contribution is 7.71. The molecule has 0 bridgehead atoms. The van der Waals surface area contributed by atoms with E-state index < -0.39 is 17.5 Å². The zero-order valence-corrected chi connectivity index (χ0v) is 18.8. The molecule has 1 heterocycles. The number of carbonyl (C=O) groups excluding carboxylic acids is 1. The van der Waals surface area contributed by atoms with Crippen LogP contribution in [-0.2, 0) is 17.6 Å². The Bertz CT molecular complexity index is 1370. The summed E-state index contributed by atoms with van der Waals surface area (Å²) in [6, 6.07) is 20.4. The van der Waals surface area contributed by atoms with Gasteiger partial charge in [0.15, 0.2) is 17.5 Å². The van der Waals surface area contributed by atoms with E-state index in [0.717, 1.165) is 23.3 Å². The number of aromatic nitrogens is 2. The van der Waals surface area contributed by atoms with Crippen LogP contribution in [0.4, 0.5) is 18.9 Å². The van der Waals surface area contributed by atoms with Crippen molar-refractivity contribution >= 4 is 23.8 Å². The summed E-state index contributed by atoms with van der Waals surface area (Å²) in [5.74, 6) is -4.24.